The van der Waals surface area contributed by atoms with E-state index in [1.54, 1.807) is 12.3 Å². The number of carboxylic acids is 1. The van der Waals surface area contributed by atoms with Gasteiger partial charge in [0.2, 0.25) is 5.91 Å². The van der Waals surface area contributed by atoms with E-state index in [0.717, 1.165) is 46.0 Å². The first-order chi connectivity index (χ1) is 25.8. The van der Waals surface area contributed by atoms with Crippen LogP contribution in [0.15, 0.2) is 109 Å². The molecule has 6 rings (SSSR count). The van der Waals surface area contributed by atoms with E-state index in [9.17, 15) is 29.0 Å². The molecule has 9 nitrogen and oxygen atoms in total. The molecule has 0 saturated heterocycles. The Morgan fingerprint density at radius 2 is 1.50 bits per heavy atom. The molecule has 0 fully saturated rings. The van der Waals surface area contributed by atoms with Gasteiger partial charge in [-0.1, -0.05) is 99.6 Å². The standard InChI is InChI=1S/C43H43F2N3O6/c1-43(2,3)40(38-21-28(34-22-29(44)17-18-36(34)45)24-47(38)23-27-11-5-4-6-12-27)48(39(50)25-49)20-19-37(41(51)52)46-42(53)54-26-35-32-15-9-7-13-30(32)31-14-8-10-16-33(31)35/h4-18,21-22,24,35,37,40,49H,19-20,23,25-26H2,1-3H3,(H,46,53)(H,51,52)/t37-,40-/m0/s1. The summed E-state index contributed by atoms with van der Waals surface area (Å²) in [4.78, 5) is 40.6. The zero-order valence-corrected chi connectivity index (χ0v) is 30.3. The van der Waals surface area contributed by atoms with Crippen molar-refractivity contribution in [1.29, 1.82) is 0 Å². The third-order valence-corrected chi connectivity index (χ3v) is 9.83. The number of benzene rings is 4. The number of aliphatic hydroxyl groups excluding tert-OH is 1. The van der Waals surface area contributed by atoms with Crippen LogP contribution in [-0.4, -0.2) is 63.5 Å². The molecule has 0 spiro atoms. The van der Waals surface area contributed by atoms with Gasteiger partial charge in [-0.15, -0.1) is 0 Å². The number of amides is 2. The molecule has 0 aliphatic heterocycles. The minimum absolute atomic E-state index is 0.0138. The highest BCUT2D eigenvalue weighted by Gasteiger charge is 2.38. The molecule has 0 bridgehead atoms. The van der Waals surface area contributed by atoms with Crippen LogP contribution in [0.4, 0.5) is 13.6 Å². The van der Waals surface area contributed by atoms with Gasteiger partial charge in [0, 0.05) is 42.0 Å². The minimum Gasteiger partial charge on any atom is -0.480 e. The van der Waals surface area contributed by atoms with Crippen LogP contribution >= 0.6 is 0 Å². The molecule has 4 aromatic carbocycles. The molecule has 3 N–H and O–H groups in total. The molecule has 1 aromatic heterocycles. The molecule has 280 valence electrons. The molecule has 2 amide bonds. The quantitative estimate of drug-likeness (QED) is 0.114. The predicted octanol–water partition coefficient (Wildman–Crippen LogP) is 7.77. The minimum atomic E-state index is -1.44. The van der Waals surface area contributed by atoms with Crippen LogP contribution in [0, 0.1) is 17.0 Å². The lowest BCUT2D eigenvalue weighted by atomic mass is 9.82. The highest BCUT2D eigenvalue weighted by atomic mass is 19.1. The Morgan fingerprint density at radius 3 is 2.11 bits per heavy atom. The van der Waals surface area contributed by atoms with Crippen molar-refractivity contribution < 1.29 is 38.1 Å². The van der Waals surface area contributed by atoms with Crippen LogP contribution in [0.5, 0.6) is 0 Å². The molecule has 5 aromatic rings. The van der Waals surface area contributed by atoms with Crippen molar-refractivity contribution in [2.45, 2.75) is 51.7 Å². The van der Waals surface area contributed by atoms with Crippen molar-refractivity contribution >= 4 is 18.0 Å². The van der Waals surface area contributed by atoms with Crippen LogP contribution < -0.4 is 5.32 Å². The number of aromatic nitrogens is 1. The van der Waals surface area contributed by atoms with Gasteiger partial charge in [0.15, 0.2) is 0 Å². The van der Waals surface area contributed by atoms with Crippen molar-refractivity contribution in [3.8, 4) is 22.3 Å². The summed E-state index contributed by atoms with van der Waals surface area (Å²) in [7, 11) is 0. The van der Waals surface area contributed by atoms with Crippen molar-refractivity contribution in [2.24, 2.45) is 5.41 Å². The predicted molar refractivity (Wildman–Crippen MR) is 201 cm³/mol. The molecule has 2 atom stereocenters. The lowest BCUT2D eigenvalue weighted by Gasteiger charge is -2.41. The number of rotatable bonds is 13. The number of nitrogens with one attached hydrogen (secondary N) is 1. The number of aliphatic carboxylic acids is 1. The highest BCUT2D eigenvalue weighted by Crippen LogP contribution is 2.45. The summed E-state index contributed by atoms with van der Waals surface area (Å²) in [6.45, 7) is 4.93. The first-order valence-corrected chi connectivity index (χ1v) is 17.8. The summed E-state index contributed by atoms with van der Waals surface area (Å²) in [5.41, 5.74) is 5.29. The number of hydrogen-bond donors (Lipinski definition) is 3. The Bertz CT molecular complexity index is 2100. The summed E-state index contributed by atoms with van der Waals surface area (Å²) in [6.07, 6.45) is 0.553. The normalized spacial score (nSPS) is 13.4. The molecule has 0 saturated carbocycles. The second-order valence-electron chi connectivity index (χ2n) is 14.6. The zero-order chi connectivity index (χ0) is 38.6. The Balaban J connectivity index is 1.25. The van der Waals surface area contributed by atoms with Gasteiger partial charge in [0.1, 0.15) is 30.9 Å². The third kappa shape index (κ3) is 8.21. The largest absolute Gasteiger partial charge is 0.480 e. The fraction of sp³-hybridized carbons (Fsp3) is 0.279. The number of aliphatic hydroxyl groups is 1. The van der Waals surface area contributed by atoms with Gasteiger partial charge in [0.05, 0.1) is 6.04 Å². The average molecular weight is 736 g/mol. The number of carbonyl (C=O) groups excluding carboxylic acids is 2. The van der Waals surface area contributed by atoms with E-state index in [1.165, 1.54) is 4.90 Å². The number of carboxylic acid groups (broad SMARTS) is 1. The Morgan fingerprint density at radius 1 is 0.870 bits per heavy atom. The molecular formula is C43H43F2N3O6. The smallest absolute Gasteiger partial charge is 0.407 e. The van der Waals surface area contributed by atoms with Crippen LogP contribution in [-0.2, 0) is 20.9 Å². The van der Waals surface area contributed by atoms with Crippen molar-refractivity contribution in [1.82, 2.24) is 14.8 Å². The van der Waals surface area contributed by atoms with E-state index >= 15 is 4.39 Å². The molecule has 0 unspecified atom stereocenters. The third-order valence-electron chi connectivity index (χ3n) is 9.83. The van der Waals surface area contributed by atoms with Crippen LogP contribution in [0.2, 0.25) is 0 Å². The fourth-order valence-electron chi connectivity index (χ4n) is 7.41. The van der Waals surface area contributed by atoms with Gasteiger partial charge in [-0.25, -0.2) is 18.4 Å². The lowest BCUT2D eigenvalue weighted by molar-refractivity contribution is -0.143. The Kier molecular flexibility index (Phi) is 11.3. The summed E-state index contributed by atoms with van der Waals surface area (Å²) in [5.74, 6) is -3.47. The Labute approximate surface area is 312 Å². The second-order valence-corrected chi connectivity index (χ2v) is 14.6. The van der Waals surface area contributed by atoms with Crippen molar-refractivity contribution in [3.63, 3.8) is 0 Å². The maximum atomic E-state index is 15.1. The molecule has 54 heavy (non-hydrogen) atoms. The van der Waals surface area contributed by atoms with Crippen molar-refractivity contribution in [3.05, 3.63) is 143 Å². The number of alkyl carbamates (subject to hydrolysis) is 1. The molecule has 0 radical (unpaired) electrons. The summed E-state index contributed by atoms with van der Waals surface area (Å²) in [5, 5.41) is 22.8. The topological polar surface area (TPSA) is 121 Å². The van der Waals surface area contributed by atoms with Gasteiger partial charge < -0.3 is 29.7 Å². The molecule has 1 heterocycles. The maximum Gasteiger partial charge on any atom is 0.407 e. The number of ether oxygens (including phenoxy) is 1. The molecule has 1 aliphatic rings. The number of fused-ring (bicyclic) bond motifs is 3. The fourth-order valence-corrected chi connectivity index (χ4v) is 7.41. The molecule has 1 aliphatic carbocycles. The van der Waals surface area contributed by atoms with E-state index in [0.29, 0.717) is 17.8 Å². The monoisotopic (exact) mass is 735 g/mol. The summed E-state index contributed by atoms with van der Waals surface area (Å²) >= 11 is 0. The van der Waals surface area contributed by atoms with Gasteiger partial charge in [-0.2, -0.15) is 0 Å². The first-order valence-electron chi connectivity index (χ1n) is 17.8. The summed E-state index contributed by atoms with van der Waals surface area (Å²) < 4.78 is 36.9. The maximum absolute atomic E-state index is 15.1. The Hall–Kier alpha value is -5.81. The number of nitrogens with zero attached hydrogens (tertiary/aromatic N) is 2. The van der Waals surface area contributed by atoms with E-state index in [4.69, 9.17) is 4.74 Å². The van der Waals surface area contributed by atoms with Gasteiger partial charge >= 0.3 is 12.1 Å². The van der Waals surface area contributed by atoms with E-state index < -0.39 is 53.7 Å². The summed E-state index contributed by atoms with van der Waals surface area (Å²) in [6, 6.07) is 27.9. The SMILES string of the molecule is CC(C)(C)[C@H](c1cc(-c2cc(F)ccc2F)cn1Cc1ccccc1)N(CC[C@H](NC(=O)OCC1c2ccccc2-c2ccccc21)C(=O)O)C(=O)CO. The number of carbonyl (C=O) groups is 3. The number of halogens is 2. The van der Waals surface area contributed by atoms with Crippen LogP contribution in [0.25, 0.3) is 22.3 Å². The van der Waals surface area contributed by atoms with Crippen LogP contribution in [0.3, 0.4) is 0 Å². The first kappa shape index (κ1) is 37.9. The highest BCUT2D eigenvalue weighted by molar-refractivity contribution is 5.82. The average Bonchev–Trinajstić information content (AvgIpc) is 3.70. The molecule has 11 heteroatoms. The van der Waals surface area contributed by atoms with E-state index in [-0.39, 0.29) is 31.1 Å². The second kappa shape index (κ2) is 16.1. The number of hydrogen-bond acceptors (Lipinski definition) is 5. The zero-order valence-electron chi connectivity index (χ0n) is 30.3. The lowest BCUT2D eigenvalue weighted by Crippen LogP contribution is -2.48. The van der Waals surface area contributed by atoms with Gasteiger partial charge in [-0.3, -0.25) is 4.79 Å². The van der Waals surface area contributed by atoms with Gasteiger partial charge in [0.25, 0.3) is 0 Å². The molecular weight excluding hydrogens is 692 g/mol. The van der Waals surface area contributed by atoms with Gasteiger partial charge in [-0.05, 0) is 63.9 Å². The van der Waals surface area contributed by atoms with E-state index in [1.807, 2.05) is 104 Å². The van der Waals surface area contributed by atoms with Crippen LogP contribution in [0.1, 0.15) is 61.5 Å². The van der Waals surface area contributed by atoms with E-state index in [2.05, 4.69) is 5.32 Å². The van der Waals surface area contributed by atoms with Crippen molar-refractivity contribution in [2.75, 3.05) is 19.8 Å².